The molecule has 0 atom stereocenters. The van der Waals surface area contributed by atoms with Crippen molar-refractivity contribution < 1.29 is 9.53 Å². The minimum atomic E-state index is -0.102. The summed E-state index contributed by atoms with van der Waals surface area (Å²) < 4.78 is 4.85. The molecule has 17 heavy (non-hydrogen) atoms. The third-order valence-corrected chi connectivity index (χ3v) is 2.49. The van der Waals surface area contributed by atoms with Crippen molar-refractivity contribution in [1.82, 2.24) is 4.90 Å². The van der Waals surface area contributed by atoms with Gasteiger partial charge in [-0.25, -0.2) is 0 Å². The third kappa shape index (κ3) is 9.83. The fourth-order valence-electron chi connectivity index (χ4n) is 1.70. The molecule has 0 amide bonds. The quantitative estimate of drug-likeness (QED) is 0.334. The molecule has 0 saturated carbocycles. The molecular weight excluding hydrogens is 216 g/mol. The molecule has 0 aromatic heterocycles. The molecule has 0 bridgehead atoms. The van der Waals surface area contributed by atoms with Gasteiger partial charge in [0, 0.05) is 6.42 Å². The summed E-state index contributed by atoms with van der Waals surface area (Å²) in [5.74, 6) is -0.102. The van der Waals surface area contributed by atoms with Crippen LogP contribution in [0.15, 0.2) is 0 Å². The van der Waals surface area contributed by atoms with Gasteiger partial charge in [-0.2, -0.15) is 5.26 Å². The Morgan fingerprint density at radius 2 is 2.00 bits per heavy atom. The van der Waals surface area contributed by atoms with Gasteiger partial charge < -0.3 is 4.74 Å². The van der Waals surface area contributed by atoms with Gasteiger partial charge in [0.1, 0.15) is 0 Å². The summed E-state index contributed by atoms with van der Waals surface area (Å²) in [6, 6.07) is 2.18. The molecule has 0 N–H and O–H groups in total. The Morgan fingerprint density at radius 1 is 1.24 bits per heavy atom. The van der Waals surface area contributed by atoms with E-state index in [1.807, 2.05) is 6.92 Å². The Labute approximate surface area is 105 Å². The first-order chi connectivity index (χ1) is 8.24. The standard InChI is InChI=1S/C13H24N2O2/c1-3-10-15(12-9-14)11-7-5-6-8-13(16)17-4-2/h3-8,10-12H2,1-2H3. The number of esters is 1. The van der Waals surface area contributed by atoms with E-state index < -0.39 is 0 Å². The van der Waals surface area contributed by atoms with E-state index in [0.717, 1.165) is 38.8 Å². The largest absolute Gasteiger partial charge is 0.466 e. The van der Waals surface area contributed by atoms with Crippen LogP contribution in [0.2, 0.25) is 0 Å². The van der Waals surface area contributed by atoms with Crippen molar-refractivity contribution in [2.45, 2.75) is 46.0 Å². The lowest BCUT2D eigenvalue weighted by molar-refractivity contribution is -0.143. The summed E-state index contributed by atoms with van der Waals surface area (Å²) in [7, 11) is 0. The summed E-state index contributed by atoms with van der Waals surface area (Å²) in [5, 5.41) is 8.64. The van der Waals surface area contributed by atoms with Gasteiger partial charge in [-0.3, -0.25) is 9.69 Å². The summed E-state index contributed by atoms with van der Waals surface area (Å²) in [6.45, 7) is 6.83. The van der Waals surface area contributed by atoms with Crippen LogP contribution in [0.3, 0.4) is 0 Å². The molecule has 0 aromatic carbocycles. The Kier molecular flexibility index (Phi) is 10.7. The van der Waals surface area contributed by atoms with Crippen molar-refractivity contribution in [2.75, 3.05) is 26.2 Å². The number of hydrogen-bond acceptors (Lipinski definition) is 4. The average Bonchev–Trinajstić information content (AvgIpc) is 2.29. The van der Waals surface area contributed by atoms with Crippen LogP contribution < -0.4 is 0 Å². The molecule has 0 saturated heterocycles. The van der Waals surface area contributed by atoms with Crippen LogP contribution in [-0.2, 0) is 9.53 Å². The van der Waals surface area contributed by atoms with Crippen LogP contribution in [0.4, 0.5) is 0 Å². The molecule has 0 aliphatic heterocycles. The summed E-state index contributed by atoms with van der Waals surface area (Å²) >= 11 is 0. The van der Waals surface area contributed by atoms with E-state index in [9.17, 15) is 4.79 Å². The van der Waals surface area contributed by atoms with E-state index >= 15 is 0 Å². The average molecular weight is 240 g/mol. The van der Waals surface area contributed by atoms with Crippen LogP contribution in [0.5, 0.6) is 0 Å². The van der Waals surface area contributed by atoms with Crippen LogP contribution >= 0.6 is 0 Å². The predicted molar refractivity (Wildman–Crippen MR) is 67.4 cm³/mol. The maximum absolute atomic E-state index is 11.1. The van der Waals surface area contributed by atoms with E-state index in [2.05, 4.69) is 17.9 Å². The maximum atomic E-state index is 11.1. The van der Waals surface area contributed by atoms with Crippen LogP contribution in [0, 0.1) is 11.3 Å². The predicted octanol–water partition coefficient (Wildman–Crippen LogP) is 2.35. The molecule has 4 nitrogen and oxygen atoms in total. The lowest BCUT2D eigenvalue weighted by atomic mass is 10.2. The molecule has 0 rings (SSSR count). The molecule has 0 unspecified atom stereocenters. The summed E-state index contributed by atoms with van der Waals surface area (Å²) in [5.41, 5.74) is 0. The molecule has 0 heterocycles. The van der Waals surface area contributed by atoms with Crippen molar-refractivity contribution in [1.29, 1.82) is 5.26 Å². The van der Waals surface area contributed by atoms with E-state index in [0.29, 0.717) is 19.6 Å². The highest BCUT2D eigenvalue weighted by atomic mass is 16.5. The zero-order chi connectivity index (χ0) is 12.9. The van der Waals surface area contributed by atoms with Gasteiger partial charge in [0.15, 0.2) is 0 Å². The van der Waals surface area contributed by atoms with E-state index in [1.54, 1.807) is 0 Å². The number of unbranched alkanes of at least 4 members (excludes halogenated alkanes) is 2. The van der Waals surface area contributed by atoms with Crippen LogP contribution in [0.25, 0.3) is 0 Å². The van der Waals surface area contributed by atoms with Gasteiger partial charge in [-0.15, -0.1) is 0 Å². The second kappa shape index (κ2) is 11.4. The van der Waals surface area contributed by atoms with Crippen LogP contribution in [-0.4, -0.2) is 37.1 Å². The molecule has 0 aromatic rings. The molecular formula is C13H24N2O2. The first-order valence-electron chi connectivity index (χ1n) is 6.49. The Morgan fingerprint density at radius 3 is 2.59 bits per heavy atom. The Bertz CT molecular complexity index is 236. The number of carbonyl (C=O) groups excluding carboxylic acids is 1. The fraction of sp³-hybridized carbons (Fsp3) is 0.846. The maximum Gasteiger partial charge on any atom is 0.305 e. The van der Waals surface area contributed by atoms with Gasteiger partial charge in [0.05, 0.1) is 19.2 Å². The van der Waals surface area contributed by atoms with Gasteiger partial charge in [0.2, 0.25) is 0 Å². The van der Waals surface area contributed by atoms with E-state index in [4.69, 9.17) is 10.00 Å². The lowest BCUT2D eigenvalue weighted by Gasteiger charge is -2.17. The highest BCUT2D eigenvalue weighted by Crippen LogP contribution is 2.03. The second-order valence-electron chi connectivity index (χ2n) is 4.05. The topological polar surface area (TPSA) is 53.3 Å². The first-order valence-corrected chi connectivity index (χ1v) is 6.49. The number of hydrogen-bond donors (Lipinski definition) is 0. The molecule has 98 valence electrons. The normalized spacial score (nSPS) is 10.2. The van der Waals surface area contributed by atoms with Gasteiger partial charge in [0.25, 0.3) is 0 Å². The minimum absolute atomic E-state index is 0.102. The van der Waals surface area contributed by atoms with Crippen molar-refractivity contribution in [2.24, 2.45) is 0 Å². The Hall–Kier alpha value is -1.08. The number of carbonyl (C=O) groups is 1. The van der Waals surface area contributed by atoms with Gasteiger partial charge in [-0.1, -0.05) is 13.3 Å². The highest BCUT2D eigenvalue weighted by molar-refractivity contribution is 5.69. The van der Waals surface area contributed by atoms with Crippen molar-refractivity contribution >= 4 is 5.97 Å². The number of rotatable bonds is 10. The number of nitrogens with zero attached hydrogens (tertiary/aromatic N) is 2. The fourth-order valence-corrected chi connectivity index (χ4v) is 1.70. The van der Waals surface area contributed by atoms with Crippen molar-refractivity contribution in [3.63, 3.8) is 0 Å². The van der Waals surface area contributed by atoms with E-state index in [-0.39, 0.29) is 5.97 Å². The molecule has 0 fully saturated rings. The lowest BCUT2D eigenvalue weighted by Crippen LogP contribution is -2.26. The molecule has 0 aliphatic carbocycles. The highest BCUT2D eigenvalue weighted by Gasteiger charge is 2.04. The van der Waals surface area contributed by atoms with Gasteiger partial charge in [-0.05, 0) is 39.3 Å². The molecule has 0 aliphatic rings. The zero-order valence-electron chi connectivity index (χ0n) is 11.1. The first kappa shape index (κ1) is 15.9. The Balaban J connectivity index is 3.48. The van der Waals surface area contributed by atoms with Crippen molar-refractivity contribution in [3.8, 4) is 6.07 Å². The smallest absolute Gasteiger partial charge is 0.305 e. The van der Waals surface area contributed by atoms with Crippen LogP contribution in [0.1, 0.15) is 46.0 Å². The monoisotopic (exact) mass is 240 g/mol. The SMILES string of the molecule is CCCN(CC#N)CCCCCC(=O)OCC. The number of nitriles is 1. The number of ether oxygens (including phenoxy) is 1. The summed E-state index contributed by atoms with van der Waals surface area (Å²) in [6.07, 6.45) is 4.53. The summed E-state index contributed by atoms with van der Waals surface area (Å²) in [4.78, 5) is 13.2. The molecule has 4 heteroatoms. The van der Waals surface area contributed by atoms with Gasteiger partial charge >= 0.3 is 5.97 Å². The zero-order valence-corrected chi connectivity index (χ0v) is 11.1. The minimum Gasteiger partial charge on any atom is -0.466 e. The molecule has 0 spiro atoms. The van der Waals surface area contributed by atoms with E-state index in [1.165, 1.54) is 0 Å². The second-order valence-corrected chi connectivity index (χ2v) is 4.05. The third-order valence-electron chi connectivity index (χ3n) is 2.49. The molecule has 0 radical (unpaired) electrons. The van der Waals surface area contributed by atoms with Crippen molar-refractivity contribution in [3.05, 3.63) is 0 Å².